The Morgan fingerprint density at radius 2 is 1.80 bits per heavy atom. The lowest BCUT2D eigenvalue weighted by molar-refractivity contribution is -0.115. The molecule has 0 radical (unpaired) electrons. The lowest BCUT2D eigenvalue weighted by atomic mass is 10.1. The summed E-state index contributed by atoms with van der Waals surface area (Å²) in [6.45, 7) is 0. The lowest BCUT2D eigenvalue weighted by Crippen LogP contribution is -2.14. The number of carbonyl (C=O) groups is 1. The summed E-state index contributed by atoms with van der Waals surface area (Å²) in [4.78, 5) is 13.1. The van der Waals surface area contributed by atoms with Gasteiger partial charge in [0.2, 0.25) is 5.91 Å². The molecule has 104 valence electrons. The third kappa shape index (κ3) is 3.92. The Morgan fingerprint density at radius 3 is 2.45 bits per heavy atom. The maximum atomic E-state index is 12.1. The molecule has 0 aromatic heterocycles. The summed E-state index contributed by atoms with van der Waals surface area (Å²) in [7, 11) is 0. The van der Waals surface area contributed by atoms with E-state index in [9.17, 15) is 4.79 Å². The Morgan fingerprint density at radius 1 is 1.15 bits per heavy atom. The fourth-order valence-electron chi connectivity index (χ4n) is 1.77. The van der Waals surface area contributed by atoms with Crippen LogP contribution in [0, 0.1) is 0 Å². The molecule has 1 N–H and O–H groups in total. The molecule has 20 heavy (non-hydrogen) atoms. The van der Waals surface area contributed by atoms with Crippen LogP contribution in [0.3, 0.4) is 0 Å². The van der Waals surface area contributed by atoms with Crippen molar-refractivity contribution in [2.24, 2.45) is 0 Å². The van der Waals surface area contributed by atoms with E-state index in [4.69, 9.17) is 23.2 Å². The van der Waals surface area contributed by atoms with Crippen molar-refractivity contribution in [2.45, 2.75) is 11.3 Å². The summed E-state index contributed by atoms with van der Waals surface area (Å²) < 4.78 is 0. The summed E-state index contributed by atoms with van der Waals surface area (Å²) >= 11 is 13.7. The number of benzene rings is 2. The second-order valence-electron chi connectivity index (χ2n) is 4.16. The first-order valence-electron chi connectivity index (χ1n) is 5.97. The van der Waals surface area contributed by atoms with E-state index < -0.39 is 0 Å². The van der Waals surface area contributed by atoms with Crippen LogP contribution in [-0.4, -0.2) is 12.2 Å². The van der Waals surface area contributed by atoms with E-state index in [0.717, 1.165) is 10.6 Å². The maximum Gasteiger partial charge on any atom is 0.228 e. The third-order valence-corrected chi connectivity index (χ3v) is 4.19. The summed E-state index contributed by atoms with van der Waals surface area (Å²) in [6.07, 6.45) is 2.15. The lowest BCUT2D eigenvalue weighted by Gasteiger charge is -2.09. The molecular formula is C15H13Cl2NOS. The molecule has 0 heterocycles. The first-order valence-corrected chi connectivity index (χ1v) is 7.95. The van der Waals surface area contributed by atoms with Gasteiger partial charge < -0.3 is 5.32 Å². The average molecular weight is 326 g/mol. The van der Waals surface area contributed by atoms with Crippen LogP contribution in [-0.2, 0) is 11.2 Å². The zero-order valence-corrected chi connectivity index (χ0v) is 13.1. The molecule has 0 saturated heterocycles. The molecule has 2 aromatic rings. The van der Waals surface area contributed by atoms with Gasteiger partial charge in [-0.05, 0) is 42.2 Å². The fourth-order valence-corrected chi connectivity index (χ4v) is 2.76. The largest absolute Gasteiger partial charge is 0.326 e. The van der Waals surface area contributed by atoms with Gasteiger partial charge in [-0.1, -0.05) is 35.3 Å². The smallest absolute Gasteiger partial charge is 0.228 e. The number of hydrogen-bond donors (Lipinski definition) is 1. The highest BCUT2D eigenvalue weighted by Crippen LogP contribution is 2.25. The van der Waals surface area contributed by atoms with E-state index in [1.54, 1.807) is 30.0 Å². The van der Waals surface area contributed by atoms with Gasteiger partial charge in [-0.15, -0.1) is 11.8 Å². The van der Waals surface area contributed by atoms with E-state index in [1.165, 1.54) is 0 Å². The van der Waals surface area contributed by atoms with Gasteiger partial charge in [0, 0.05) is 20.6 Å². The van der Waals surface area contributed by atoms with Crippen LogP contribution in [0.5, 0.6) is 0 Å². The molecule has 0 bridgehead atoms. The first-order chi connectivity index (χ1) is 9.60. The molecule has 0 unspecified atom stereocenters. The van der Waals surface area contributed by atoms with Crippen molar-refractivity contribution in [1.82, 2.24) is 0 Å². The molecule has 0 spiro atoms. The predicted molar refractivity (Wildman–Crippen MR) is 87.0 cm³/mol. The topological polar surface area (TPSA) is 29.1 Å². The van der Waals surface area contributed by atoms with Crippen molar-refractivity contribution >= 4 is 46.6 Å². The van der Waals surface area contributed by atoms with E-state index in [0.29, 0.717) is 15.6 Å². The van der Waals surface area contributed by atoms with Crippen molar-refractivity contribution in [1.29, 1.82) is 0 Å². The Kier molecular flexibility index (Phi) is 5.35. The summed E-state index contributed by atoms with van der Waals surface area (Å²) in [5.41, 5.74) is 1.42. The van der Waals surface area contributed by atoms with Gasteiger partial charge in [-0.25, -0.2) is 0 Å². The number of anilines is 1. The van der Waals surface area contributed by atoms with Gasteiger partial charge >= 0.3 is 0 Å². The third-order valence-electron chi connectivity index (χ3n) is 2.75. The molecule has 0 aliphatic heterocycles. The minimum Gasteiger partial charge on any atom is -0.326 e. The summed E-state index contributed by atoms with van der Waals surface area (Å²) in [5.74, 6) is -0.141. The maximum absolute atomic E-state index is 12.1. The number of hydrogen-bond acceptors (Lipinski definition) is 2. The Labute approximate surface area is 132 Å². The van der Waals surface area contributed by atoms with Crippen LogP contribution in [0.2, 0.25) is 10.0 Å². The summed E-state index contributed by atoms with van der Waals surface area (Å²) in [6, 6.07) is 12.9. The van der Waals surface area contributed by atoms with Crippen LogP contribution in [0.15, 0.2) is 47.4 Å². The van der Waals surface area contributed by atoms with Crippen LogP contribution < -0.4 is 5.32 Å². The number of thioether (sulfide) groups is 1. The summed E-state index contributed by atoms with van der Waals surface area (Å²) in [5, 5.41) is 3.86. The minimum absolute atomic E-state index is 0.141. The highest BCUT2D eigenvalue weighted by Gasteiger charge is 2.11. The molecule has 0 aliphatic carbocycles. The fraction of sp³-hybridized carbons (Fsp3) is 0.133. The zero-order valence-electron chi connectivity index (χ0n) is 10.8. The standard InChI is InChI=1S/C15H13Cl2NOS/c1-20-11-5-2-4-10(8-11)18-15(19)9-12-13(16)6-3-7-14(12)17/h2-8H,9H2,1H3,(H,18,19). The molecule has 0 fully saturated rings. The number of rotatable bonds is 4. The van der Waals surface area contributed by atoms with E-state index in [2.05, 4.69) is 5.32 Å². The Bertz CT molecular complexity index is 611. The number of halogens is 2. The Hall–Kier alpha value is -1.16. The van der Waals surface area contributed by atoms with Crippen LogP contribution >= 0.6 is 35.0 Å². The van der Waals surface area contributed by atoms with Gasteiger partial charge in [0.25, 0.3) is 0 Å². The molecule has 2 rings (SSSR count). The number of nitrogens with one attached hydrogen (secondary N) is 1. The molecule has 0 aliphatic rings. The van der Waals surface area contributed by atoms with Crippen molar-refractivity contribution in [2.75, 3.05) is 11.6 Å². The van der Waals surface area contributed by atoms with Crippen LogP contribution in [0.25, 0.3) is 0 Å². The van der Waals surface area contributed by atoms with Crippen molar-refractivity contribution in [3.05, 3.63) is 58.1 Å². The molecule has 2 nitrogen and oxygen atoms in total. The molecule has 1 amide bonds. The average Bonchev–Trinajstić information content (AvgIpc) is 2.43. The number of amides is 1. The zero-order chi connectivity index (χ0) is 14.5. The molecular weight excluding hydrogens is 313 g/mol. The van der Waals surface area contributed by atoms with Gasteiger partial charge in [0.15, 0.2) is 0 Å². The quantitative estimate of drug-likeness (QED) is 0.810. The van der Waals surface area contributed by atoms with Crippen LogP contribution in [0.4, 0.5) is 5.69 Å². The van der Waals surface area contributed by atoms with Crippen molar-refractivity contribution in [3.63, 3.8) is 0 Å². The minimum atomic E-state index is -0.141. The SMILES string of the molecule is CSc1cccc(NC(=O)Cc2c(Cl)cccc2Cl)c1. The second kappa shape index (κ2) is 7.02. The Balaban J connectivity index is 2.09. The first kappa shape index (κ1) is 15.2. The highest BCUT2D eigenvalue weighted by atomic mass is 35.5. The number of carbonyl (C=O) groups excluding carboxylic acids is 1. The molecule has 2 aromatic carbocycles. The van der Waals surface area contributed by atoms with Crippen LogP contribution in [0.1, 0.15) is 5.56 Å². The van der Waals surface area contributed by atoms with Gasteiger partial charge in [-0.3, -0.25) is 4.79 Å². The highest BCUT2D eigenvalue weighted by molar-refractivity contribution is 7.98. The predicted octanol–water partition coefficient (Wildman–Crippen LogP) is 4.90. The van der Waals surface area contributed by atoms with Crippen molar-refractivity contribution < 1.29 is 4.79 Å². The second-order valence-corrected chi connectivity index (χ2v) is 5.85. The van der Waals surface area contributed by atoms with Gasteiger partial charge in [-0.2, -0.15) is 0 Å². The van der Waals surface area contributed by atoms with E-state index >= 15 is 0 Å². The van der Waals surface area contributed by atoms with E-state index in [-0.39, 0.29) is 12.3 Å². The van der Waals surface area contributed by atoms with Gasteiger partial charge in [0.1, 0.15) is 0 Å². The van der Waals surface area contributed by atoms with Crippen molar-refractivity contribution in [3.8, 4) is 0 Å². The monoisotopic (exact) mass is 325 g/mol. The van der Waals surface area contributed by atoms with Gasteiger partial charge in [0.05, 0.1) is 6.42 Å². The molecule has 0 saturated carbocycles. The van der Waals surface area contributed by atoms with E-state index in [1.807, 2.05) is 30.5 Å². The molecule has 0 atom stereocenters. The normalized spacial score (nSPS) is 10.3. The molecule has 5 heteroatoms.